The van der Waals surface area contributed by atoms with Crippen LogP contribution >= 0.6 is 11.6 Å². The highest BCUT2D eigenvalue weighted by molar-refractivity contribution is 6.33. The molecule has 1 aromatic carbocycles. The van der Waals surface area contributed by atoms with Gasteiger partial charge in [0.1, 0.15) is 0 Å². The molecular weight excluding hydrogens is 428 g/mol. The molecule has 4 heterocycles. The van der Waals surface area contributed by atoms with Gasteiger partial charge in [0.2, 0.25) is 5.91 Å². The summed E-state index contributed by atoms with van der Waals surface area (Å²) in [6.07, 6.45) is 7.59. The lowest BCUT2D eigenvalue weighted by Gasteiger charge is -2.25. The Morgan fingerprint density at radius 3 is 2.66 bits per heavy atom. The van der Waals surface area contributed by atoms with E-state index in [1.165, 1.54) is 30.0 Å². The molecule has 5 rings (SSSR count). The lowest BCUT2D eigenvalue weighted by molar-refractivity contribution is -0.118. The highest BCUT2D eigenvalue weighted by Gasteiger charge is 2.31. The lowest BCUT2D eigenvalue weighted by atomic mass is 9.94. The van der Waals surface area contributed by atoms with Gasteiger partial charge in [0.05, 0.1) is 17.8 Å². The summed E-state index contributed by atoms with van der Waals surface area (Å²) in [5, 5.41) is 0.305. The predicted molar refractivity (Wildman–Crippen MR) is 123 cm³/mol. The number of pyridine rings is 2. The molecule has 3 aromatic rings. The molecule has 8 heteroatoms. The summed E-state index contributed by atoms with van der Waals surface area (Å²) in [4.78, 5) is 32.8. The van der Waals surface area contributed by atoms with E-state index in [1.54, 1.807) is 18.3 Å². The third-order valence-corrected chi connectivity index (χ3v) is 5.86. The minimum atomic E-state index is -0.518. The van der Waals surface area contributed by atoms with Crippen molar-refractivity contribution < 1.29 is 14.3 Å². The van der Waals surface area contributed by atoms with Crippen molar-refractivity contribution in [2.75, 3.05) is 18.6 Å². The van der Waals surface area contributed by atoms with Gasteiger partial charge in [-0.2, -0.15) is 0 Å². The highest BCUT2D eigenvalue weighted by atomic mass is 35.5. The number of halogens is 1. The van der Waals surface area contributed by atoms with Crippen LogP contribution in [-0.2, 0) is 28.9 Å². The molecule has 2 aromatic heterocycles. The zero-order valence-electron chi connectivity index (χ0n) is 17.7. The Balaban J connectivity index is 0.000000189. The number of amides is 1. The summed E-state index contributed by atoms with van der Waals surface area (Å²) in [6.45, 7) is 1.33. The van der Waals surface area contributed by atoms with E-state index in [2.05, 4.69) is 32.9 Å². The van der Waals surface area contributed by atoms with Crippen LogP contribution in [0.2, 0.25) is 5.02 Å². The number of rotatable bonds is 3. The average Bonchev–Trinajstić information content (AvgIpc) is 3.27. The van der Waals surface area contributed by atoms with Gasteiger partial charge >= 0.3 is 5.97 Å². The Kier molecular flexibility index (Phi) is 6.48. The Morgan fingerprint density at radius 1 is 1.16 bits per heavy atom. The smallest absolute Gasteiger partial charge is 0.358 e. The predicted octanol–water partition coefficient (Wildman–Crippen LogP) is 3.56. The summed E-state index contributed by atoms with van der Waals surface area (Å²) in [5.74, 6) is -0.253. The van der Waals surface area contributed by atoms with Crippen molar-refractivity contribution in [2.45, 2.75) is 25.8 Å². The molecule has 0 spiro atoms. The van der Waals surface area contributed by atoms with E-state index in [0.29, 0.717) is 18.0 Å². The van der Waals surface area contributed by atoms with Crippen molar-refractivity contribution in [3.63, 3.8) is 0 Å². The van der Waals surface area contributed by atoms with Gasteiger partial charge in [-0.05, 0) is 65.4 Å². The fourth-order valence-corrected chi connectivity index (χ4v) is 4.21. The van der Waals surface area contributed by atoms with Crippen LogP contribution in [0.25, 0.3) is 11.1 Å². The summed E-state index contributed by atoms with van der Waals surface area (Å²) in [6, 6.07) is 9.74. The van der Waals surface area contributed by atoms with E-state index < -0.39 is 5.97 Å². The van der Waals surface area contributed by atoms with Gasteiger partial charge < -0.3 is 15.4 Å². The van der Waals surface area contributed by atoms with Gasteiger partial charge in [-0.1, -0.05) is 11.6 Å². The normalized spacial score (nSPS) is 13.8. The molecule has 0 unspecified atom stereocenters. The van der Waals surface area contributed by atoms with Crippen LogP contribution in [0.3, 0.4) is 0 Å². The molecule has 0 saturated heterocycles. The zero-order chi connectivity index (χ0) is 22.7. The maximum absolute atomic E-state index is 12.0. The summed E-state index contributed by atoms with van der Waals surface area (Å²) >= 11 is 5.63. The maximum Gasteiger partial charge on any atom is 0.358 e. The van der Waals surface area contributed by atoms with Gasteiger partial charge in [0, 0.05) is 43.7 Å². The first kappa shape index (κ1) is 21.9. The third kappa shape index (κ3) is 4.35. The fourth-order valence-electron chi connectivity index (χ4n) is 4.01. The topological polar surface area (TPSA) is 98.4 Å². The molecule has 0 bridgehead atoms. The number of nitrogens with two attached hydrogens (primary N) is 1. The van der Waals surface area contributed by atoms with E-state index in [0.717, 1.165) is 36.2 Å². The quantitative estimate of drug-likeness (QED) is 0.612. The number of esters is 1. The molecule has 0 atom stereocenters. The fraction of sp³-hybridized carbons (Fsp3) is 0.250. The van der Waals surface area contributed by atoms with Gasteiger partial charge in [-0.25, -0.2) is 9.78 Å². The molecule has 2 N–H and O–H groups in total. The van der Waals surface area contributed by atoms with Crippen molar-refractivity contribution >= 4 is 29.2 Å². The van der Waals surface area contributed by atoms with Crippen molar-refractivity contribution in [2.24, 2.45) is 5.73 Å². The third-order valence-electron chi connectivity index (χ3n) is 5.55. The number of methoxy groups -OCH3 is 1. The van der Waals surface area contributed by atoms with Crippen LogP contribution in [0.4, 0.5) is 5.69 Å². The highest BCUT2D eigenvalue weighted by Crippen LogP contribution is 2.39. The second-order valence-corrected chi connectivity index (χ2v) is 7.96. The van der Waals surface area contributed by atoms with Crippen molar-refractivity contribution in [3.8, 4) is 11.1 Å². The zero-order valence-corrected chi connectivity index (χ0v) is 18.4. The number of carbonyl (C=O) groups excluding carboxylic acids is 2. The standard InChI is InChI=1S/C17H17N3O.C7H6ClNO2/c18-8-11-5-15(10-19-9-11)14-6-12-1-2-16(21)20-4-3-13(7-14)17(12)20;1-11-7(10)6-5(8)3-2-4-9-6/h5-7,9-10H,1-4,8,18H2;2-4H,1H3. The molecular formula is C24H23ClN4O3. The molecule has 0 saturated carbocycles. The van der Waals surface area contributed by atoms with Crippen LogP contribution in [0.5, 0.6) is 0 Å². The molecule has 7 nitrogen and oxygen atoms in total. The number of benzene rings is 1. The molecule has 0 fully saturated rings. The number of nitrogens with zero attached hydrogens (tertiary/aromatic N) is 3. The largest absolute Gasteiger partial charge is 0.464 e. The van der Waals surface area contributed by atoms with Crippen LogP contribution in [-0.4, -0.2) is 35.5 Å². The minimum absolute atomic E-state index is 0.150. The molecule has 32 heavy (non-hydrogen) atoms. The van der Waals surface area contributed by atoms with Crippen molar-refractivity contribution in [1.82, 2.24) is 9.97 Å². The van der Waals surface area contributed by atoms with Crippen molar-refractivity contribution in [3.05, 3.63) is 76.3 Å². The number of hydrogen-bond acceptors (Lipinski definition) is 6. The van der Waals surface area contributed by atoms with Gasteiger partial charge in [-0.3, -0.25) is 9.78 Å². The molecule has 2 aliphatic rings. The average molecular weight is 451 g/mol. The monoisotopic (exact) mass is 450 g/mol. The Bertz CT molecular complexity index is 1180. The number of hydrogen-bond donors (Lipinski definition) is 1. The van der Waals surface area contributed by atoms with E-state index in [-0.39, 0.29) is 11.6 Å². The Hall–Kier alpha value is -3.29. The second kappa shape index (κ2) is 9.46. The molecule has 1 amide bonds. The van der Waals surface area contributed by atoms with Gasteiger partial charge in [0.15, 0.2) is 5.69 Å². The number of aryl methyl sites for hydroxylation is 1. The molecule has 164 valence electrons. The first-order chi connectivity index (χ1) is 15.5. The Morgan fingerprint density at radius 2 is 1.94 bits per heavy atom. The van der Waals surface area contributed by atoms with Gasteiger partial charge in [0.25, 0.3) is 0 Å². The molecule has 0 aliphatic carbocycles. The van der Waals surface area contributed by atoms with Crippen LogP contribution in [0.1, 0.15) is 33.6 Å². The van der Waals surface area contributed by atoms with Gasteiger partial charge in [-0.15, -0.1) is 0 Å². The SMILES string of the molecule is COC(=O)c1ncccc1Cl.NCc1cncc(-c2cc3c4c(c2)CCN4C(=O)CC3)c1. The van der Waals surface area contributed by atoms with E-state index in [1.807, 2.05) is 11.1 Å². The minimum Gasteiger partial charge on any atom is -0.464 e. The maximum atomic E-state index is 12.0. The number of carbonyl (C=O) groups is 2. The lowest BCUT2D eigenvalue weighted by Crippen LogP contribution is -2.32. The van der Waals surface area contributed by atoms with Crippen molar-refractivity contribution in [1.29, 1.82) is 0 Å². The summed E-state index contributed by atoms with van der Waals surface area (Å²) in [5.41, 5.74) is 12.9. The second-order valence-electron chi connectivity index (χ2n) is 7.55. The molecule has 0 radical (unpaired) electrons. The molecule has 2 aliphatic heterocycles. The van der Waals surface area contributed by atoms with E-state index in [9.17, 15) is 9.59 Å². The first-order valence-electron chi connectivity index (χ1n) is 10.3. The number of anilines is 1. The van der Waals surface area contributed by atoms with Crippen LogP contribution < -0.4 is 10.6 Å². The Labute approximate surface area is 191 Å². The van der Waals surface area contributed by atoms with E-state index >= 15 is 0 Å². The summed E-state index contributed by atoms with van der Waals surface area (Å²) < 4.78 is 4.43. The number of ether oxygens (including phenoxy) is 1. The number of aromatic nitrogens is 2. The van der Waals surface area contributed by atoms with E-state index in [4.69, 9.17) is 17.3 Å². The summed E-state index contributed by atoms with van der Waals surface area (Å²) in [7, 11) is 1.29. The first-order valence-corrected chi connectivity index (χ1v) is 10.7. The van der Waals surface area contributed by atoms with Crippen LogP contribution in [0.15, 0.2) is 48.9 Å². The van der Waals surface area contributed by atoms with Crippen LogP contribution in [0, 0.1) is 0 Å².